The van der Waals surface area contributed by atoms with Gasteiger partial charge in [-0.2, -0.15) is 5.10 Å². The number of nitrogens with one attached hydrogen (secondary N) is 1. The van der Waals surface area contributed by atoms with Gasteiger partial charge >= 0.3 is 0 Å². The summed E-state index contributed by atoms with van der Waals surface area (Å²) < 4.78 is 0. The Morgan fingerprint density at radius 3 is 2.71 bits per heavy atom. The Morgan fingerprint density at radius 1 is 1.47 bits per heavy atom. The highest BCUT2D eigenvalue weighted by molar-refractivity contribution is 5.99. The monoisotopic (exact) mass is 240 g/mol. The van der Waals surface area contributed by atoms with E-state index in [1.54, 1.807) is 18.9 Å². The second-order valence-corrected chi connectivity index (χ2v) is 4.12. The zero-order valence-corrected chi connectivity index (χ0v) is 10.4. The number of anilines is 1. The van der Waals surface area contributed by atoms with E-state index in [1.807, 2.05) is 0 Å². The van der Waals surface area contributed by atoms with Crippen LogP contribution < -0.4 is 5.73 Å². The molecule has 17 heavy (non-hydrogen) atoms. The van der Waals surface area contributed by atoms with Gasteiger partial charge < -0.3 is 15.7 Å². The lowest BCUT2D eigenvalue weighted by atomic mass is 10.2. The van der Waals surface area contributed by atoms with E-state index >= 15 is 0 Å². The third-order valence-corrected chi connectivity index (χ3v) is 2.69. The standard InChI is InChI=1S/C11H20N4O2/c1-8-9(10(12)14-13-8)11(17)15(2)6-4-3-5-7-16/h16H,3-7H2,1-2H3,(H3,12,13,14). The molecule has 0 spiro atoms. The van der Waals surface area contributed by atoms with E-state index < -0.39 is 0 Å². The van der Waals surface area contributed by atoms with Crippen molar-refractivity contribution in [2.45, 2.75) is 26.2 Å². The normalized spacial score (nSPS) is 10.5. The minimum Gasteiger partial charge on any atom is -0.396 e. The lowest BCUT2D eigenvalue weighted by molar-refractivity contribution is 0.0792. The molecule has 1 aromatic rings. The summed E-state index contributed by atoms with van der Waals surface area (Å²) >= 11 is 0. The largest absolute Gasteiger partial charge is 0.396 e. The Morgan fingerprint density at radius 2 is 2.18 bits per heavy atom. The number of aryl methyl sites for hydroxylation is 1. The zero-order valence-electron chi connectivity index (χ0n) is 10.4. The van der Waals surface area contributed by atoms with E-state index in [-0.39, 0.29) is 18.3 Å². The average Bonchev–Trinajstić information content (AvgIpc) is 2.63. The molecule has 4 N–H and O–H groups in total. The first-order chi connectivity index (χ1) is 8.07. The second-order valence-electron chi connectivity index (χ2n) is 4.12. The Balaban J connectivity index is 2.52. The van der Waals surface area contributed by atoms with E-state index in [9.17, 15) is 4.79 Å². The summed E-state index contributed by atoms with van der Waals surface area (Å²) in [5.74, 6) is 0.132. The van der Waals surface area contributed by atoms with Crippen LogP contribution in [0, 0.1) is 6.92 Å². The topological polar surface area (TPSA) is 95.2 Å². The molecule has 1 amide bonds. The van der Waals surface area contributed by atoms with Crippen LogP contribution in [-0.4, -0.2) is 46.3 Å². The van der Waals surface area contributed by atoms with E-state index in [1.165, 1.54) is 0 Å². The van der Waals surface area contributed by atoms with Crippen molar-refractivity contribution in [2.24, 2.45) is 0 Å². The van der Waals surface area contributed by atoms with Gasteiger partial charge in [0, 0.05) is 25.9 Å². The number of carbonyl (C=O) groups is 1. The fourth-order valence-electron chi connectivity index (χ4n) is 1.65. The average molecular weight is 240 g/mol. The summed E-state index contributed by atoms with van der Waals surface area (Å²) in [6.07, 6.45) is 2.56. The van der Waals surface area contributed by atoms with Crippen molar-refractivity contribution in [3.05, 3.63) is 11.3 Å². The molecule has 0 aliphatic rings. The first-order valence-electron chi connectivity index (χ1n) is 5.74. The molecule has 0 fully saturated rings. The molecule has 6 heteroatoms. The van der Waals surface area contributed by atoms with Crippen LogP contribution in [0.3, 0.4) is 0 Å². The van der Waals surface area contributed by atoms with Crippen LogP contribution in [-0.2, 0) is 0 Å². The molecule has 1 heterocycles. The molecule has 0 atom stereocenters. The molecule has 1 aromatic heterocycles. The molecule has 96 valence electrons. The number of aliphatic hydroxyl groups excluding tert-OH is 1. The fourth-order valence-corrected chi connectivity index (χ4v) is 1.65. The van der Waals surface area contributed by atoms with Crippen molar-refractivity contribution < 1.29 is 9.90 Å². The third kappa shape index (κ3) is 3.45. The number of nitrogens with zero attached hydrogens (tertiary/aromatic N) is 2. The lowest BCUT2D eigenvalue weighted by Crippen LogP contribution is -2.28. The highest BCUT2D eigenvalue weighted by Crippen LogP contribution is 2.14. The molecule has 0 saturated carbocycles. The lowest BCUT2D eigenvalue weighted by Gasteiger charge is -2.16. The summed E-state index contributed by atoms with van der Waals surface area (Å²) in [6, 6.07) is 0. The van der Waals surface area contributed by atoms with Crippen molar-refractivity contribution in [1.29, 1.82) is 0 Å². The van der Waals surface area contributed by atoms with Gasteiger partial charge in [0.05, 0.1) is 0 Å². The van der Waals surface area contributed by atoms with Gasteiger partial charge in [0.1, 0.15) is 5.56 Å². The smallest absolute Gasteiger partial charge is 0.259 e. The molecular weight excluding hydrogens is 220 g/mol. The number of hydrogen-bond acceptors (Lipinski definition) is 4. The Bertz CT molecular complexity index is 356. The Hall–Kier alpha value is -1.56. The molecule has 0 aromatic carbocycles. The van der Waals surface area contributed by atoms with Crippen molar-refractivity contribution >= 4 is 11.7 Å². The quantitative estimate of drug-likeness (QED) is 0.632. The van der Waals surface area contributed by atoms with Crippen LogP contribution >= 0.6 is 0 Å². The van der Waals surface area contributed by atoms with E-state index in [4.69, 9.17) is 10.8 Å². The van der Waals surface area contributed by atoms with E-state index in [0.29, 0.717) is 17.8 Å². The number of unbranched alkanes of at least 4 members (excludes halogenated alkanes) is 2. The number of hydrogen-bond donors (Lipinski definition) is 3. The predicted octanol–water partition coefficient (Wildman–Crippen LogP) is 0.535. The molecule has 0 unspecified atom stereocenters. The van der Waals surface area contributed by atoms with Crippen LogP contribution in [0.15, 0.2) is 0 Å². The van der Waals surface area contributed by atoms with Gasteiger partial charge in [-0.15, -0.1) is 0 Å². The zero-order chi connectivity index (χ0) is 12.8. The summed E-state index contributed by atoms with van der Waals surface area (Å²) in [4.78, 5) is 13.7. The summed E-state index contributed by atoms with van der Waals surface area (Å²) in [6.45, 7) is 2.63. The molecule has 0 aliphatic heterocycles. The van der Waals surface area contributed by atoms with Gasteiger partial charge in [-0.05, 0) is 26.2 Å². The Labute approximate surface area is 101 Å². The summed E-state index contributed by atoms with van der Waals surface area (Å²) in [7, 11) is 1.74. The van der Waals surface area contributed by atoms with Gasteiger partial charge in [-0.1, -0.05) is 0 Å². The fraction of sp³-hybridized carbons (Fsp3) is 0.636. The number of H-pyrrole nitrogens is 1. The number of nitrogen functional groups attached to an aromatic ring is 1. The number of nitrogens with two attached hydrogens (primary N) is 1. The molecule has 0 saturated heterocycles. The van der Waals surface area contributed by atoms with Crippen molar-refractivity contribution in [2.75, 3.05) is 25.9 Å². The van der Waals surface area contributed by atoms with Crippen LogP contribution in [0.5, 0.6) is 0 Å². The first-order valence-corrected chi connectivity index (χ1v) is 5.74. The minimum absolute atomic E-state index is 0.113. The maximum absolute atomic E-state index is 12.0. The van der Waals surface area contributed by atoms with Gasteiger partial charge in [-0.3, -0.25) is 9.89 Å². The van der Waals surface area contributed by atoms with Crippen molar-refractivity contribution in [3.8, 4) is 0 Å². The minimum atomic E-state index is -0.113. The van der Waals surface area contributed by atoms with Crippen molar-refractivity contribution in [3.63, 3.8) is 0 Å². The van der Waals surface area contributed by atoms with Crippen LogP contribution in [0.4, 0.5) is 5.82 Å². The SMILES string of the molecule is Cc1[nH]nc(N)c1C(=O)N(C)CCCCCO. The van der Waals surface area contributed by atoms with Gasteiger partial charge in [0.2, 0.25) is 0 Å². The number of carbonyl (C=O) groups excluding carboxylic acids is 1. The molecule has 0 bridgehead atoms. The number of amides is 1. The Kier molecular flexibility index (Phi) is 4.96. The molecule has 6 nitrogen and oxygen atoms in total. The second kappa shape index (κ2) is 6.24. The van der Waals surface area contributed by atoms with Crippen LogP contribution in [0.2, 0.25) is 0 Å². The van der Waals surface area contributed by atoms with Gasteiger partial charge in [-0.25, -0.2) is 0 Å². The van der Waals surface area contributed by atoms with E-state index in [0.717, 1.165) is 19.3 Å². The van der Waals surface area contributed by atoms with Gasteiger partial charge in [0.25, 0.3) is 5.91 Å². The van der Waals surface area contributed by atoms with E-state index in [2.05, 4.69) is 10.2 Å². The molecular formula is C11H20N4O2. The summed E-state index contributed by atoms with van der Waals surface area (Å²) in [5.41, 5.74) is 6.78. The number of aromatic nitrogens is 2. The number of aromatic amines is 1. The molecule has 1 rings (SSSR count). The highest BCUT2D eigenvalue weighted by atomic mass is 16.2. The van der Waals surface area contributed by atoms with Gasteiger partial charge in [0.15, 0.2) is 5.82 Å². The maximum atomic E-state index is 12.0. The van der Waals surface area contributed by atoms with Crippen molar-refractivity contribution in [1.82, 2.24) is 15.1 Å². The van der Waals surface area contributed by atoms with Crippen LogP contribution in [0.25, 0.3) is 0 Å². The number of aliphatic hydroxyl groups is 1. The molecule has 0 radical (unpaired) electrons. The third-order valence-electron chi connectivity index (χ3n) is 2.69. The summed E-state index contributed by atoms with van der Waals surface area (Å²) in [5, 5.41) is 15.1. The maximum Gasteiger partial charge on any atom is 0.259 e. The van der Waals surface area contributed by atoms with Crippen LogP contribution in [0.1, 0.15) is 35.3 Å². The first kappa shape index (κ1) is 13.5. The predicted molar refractivity (Wildman–Crippen MR) is 65.6 cm³/mol. The molecule has 0 aliphatic carbocycles. The highest BCUT2D eigenvalue weighted by Gasteiger charge is 2.19. The number of rotatable bonds is 6.